The second-order valence-electron chi connectivity index (χ2n) is 3.77. The summed E-state index contributed by atoms with van der Waals surface area (Å²) in [6.07, 6.45) is 7.76. The van der Waals surface area contributed by atoms with Gasteiger partial charge in [0.25, 0.3) is 0 Å². The van der Waals surface area contributed by atoms with Crippen LogP contribution in [0.15, 0.2) is 12.4 Å². The molecule has 0 saturated heterocycles. The van der Waals surface area contributed by atoms with Gasteiger partial charge in [0.15, 0.2) is 5.69 Å². The molecule has 94 valence electrons. The molecule has 0 fully saturated rings. The van der Waals surface area contributed by atoms with Gasteiger partial charge in [0, 0.05) is 6.54 Å². The fraction of sp³-hybridized carbons (Fsp3) is 0.583. The summed E-state index contributed by atoms with van der Waals surface area (Å²) < 4.78 is 4.58. The molecule has 1 aromatic rings. The van der Waals surface area contributed by atoms with E-state index >= 15 is 0 Å². The summed E-state index contributed by atoms with van der Waals surface area (Å²) in [4.78, 5) is 19.3. The van der Waals surface area contributed by atoms with Crippen molar-refractivity contribution in [2.75, 3.05) is 19.0 Å². The number of hydrogen-bond acceptors (Lipinski definition) is 5. The van der Waals surface area contributed by atoms with Gasteiger partial charge in [0.2, 0.25) is 0 Å². The molecule has 1 aromatic heterocycles. The van der Waals surface area contributed by atoms with Gasteiger partial charge in [-0.25, -0.2) is 9.78 Å². The number of ether oxygens (including phenoxy) is 1. The van der Waals surface area contributed by atoms with Crippen LogP contribution in [0.3, 0.4) is 0 Å². The van der Waals surface area contributed by atoms with Crippen LogP contribution in [0.2, 0.25) is 0 Å². The predicted molar refractivity (Wildman–Crippen MR) is 66.0 cm³/mol. The van der Waals surface area contributed by atoms with Crippen LogP contribution < -0.4 is 5.32 Å². The lowest BCUT2D eigenvalue weighted by Crippen LogP contribution is -2.09. The van der Waals surface area contributed by atoms with E-state index < -0.39 is 5.97 Å². The van der Waals surface area contributed by atoms with Gasteiger partial charge in [-0.3, -0.25) is 4.98 Å². The maximum Gasteiger partial charge on any atom is 0.358 e. The smallest absolute Gasteiger partial charge is 0.358 e. The Bertz CT molecular complexity index is 355. The second kappa shape index (κ2) is 7.60. The summed E-state index contributed by atoms with van der Waals surface area (Å²) in [7, 11) is 1.33. The molecule has 0 amide bonds. The van der Waals surface area contributed by atoms with Crippen molar-refractivity contribution in [2.45, 2.75) is 32.6 Å². The maximum absolute atomic E-state index is 11.2. The molecule has 1 heterocycles. The minimum absolute atomic E-state index is 0.228. The molecule has 0 aliphatic rings. The van der Waals surface area contributed by atoms with E-state index in [1.54, 1.807) is 6.20 Å². The Hall–Kier alpha value is -1.65. The molecule has 5 nitrogen and oxygen atoms in total. The number of rotatable bonds is 7. The zero-order valence-corrected chi connectivity index (χ0v) is 10.4. The molecule has 0 aliphatic carbocycles. The molecular weight excluding hydrogens is 218 g/mol. The molecule has 0 spiro atoms. The van der Waals surface area contributed by atoms with Crippen LogP contribution in [-0.4, -0.2) is 29.6 Å². The first-order chi connectivity index (χ1) is 8.27. The van der Waals surface area contributed by atoms with Crippen LogP contribution in [0.1, 0.15) is 43.1 Å². The molecule has 0 saturated carbocycles. The third-order valence-electron chi connectivity index (χ3n) is 2.37. The van der Waals surface area contributed by atoms with Crippen LogP contribution in [-0.2, 0) is 4.74 Å². The van der Waals surface area contributed by atoms with E-state index in [0.29, 0.717) is 5.82 Å². The molecule has 1 N–H and O–H groups in total. The minimum atomic E-state index is -0.466. The summed E-state index contributed by atoms with van der Waals surface area (Å²) in [6.45, 7) is 3.03. The van der Waals surface area contributed by atoms with Gasteiger partial charge in [-0.15, -0.1) is 0 Å². The Kier molecular flexibility index (Phi) is 5.99. The standard InChI is InChI=1S/C12H19N3O2/c1-3-4-5-6-7-14-11-9-13-8-10(15-11)12(16)17-2/h8-9H,3-7H2,1-2H3,(H,14,15). The zero-order chi connectivity index (χ0) is 12.5. The Balaban J connectivity index is 2.40. The highest BCUT2D eigenvalue weighted by Crippen LogP contribution is 2.05. The predicted octanol–water partition coefficient (Wildman–Crippen LogP) is 2.26. The molecule has 0 radical (unpaired) electrons. The number of esters is 1. The van der Waals surface area contributed by atoms with Crippen LogP contribution in [0.5, 0.6) is 0 Å². The van der Waals surface area contributed by atoms with Crippen molar-refractivity contribution in [1.82, 2.24) is 9.97 Å². The number of anilines is 1. The van der Waals surface area contributed by atoms with Gasteiger partial charge < -0.3 is 10.1 Å². The highest BCUT2D eigenvalue weighted by atomic mass is 16.5. The van der Waals surface area contributed by atoms with Crippen molar-refractivity contribution in [2.24, 2.45) is 0 Å². The normalized spacial score (nSPS) is 10.0. The Morgan fingerprint density at radius 3 is 2.88 bits per heavy atom. The van der Waals surface area contributed by atoms with Gasteiger partial charge in [-0.05, 0) is 6.42 Å². The van der Waals surface area contributed by atoms with Crippen molar-refractivity contribution in [1.29, 1.82) is 0 Å². The molecule has 17 heavy (non-hydrogen) atoms. The molecule has 0 bridgehead atoms. The lowest BCUT2D eigenvalue weighted by Gasteiger charge is -2.05. The van der Waals surface area contributed by atoms with Gasteiger partial charge in [0.1, 0.15) is 5.82 Å². The van der Waals surface area contributed by atoms with E-state index in [2.05, 4.69) is 26.9 Å². The lowest BCUT2D eigenvalue weighted by molar-refractivity contribution is 0.0593. The number of carbonyl (C=O) groups excluding carboxylic acids is 1. The van der Waals surface area contributed by atoms with Crippen molar-refractivity contribution in [3.8, 4) is 0 Å². The molecule has 0 aromatic carbocycles. The summed E-state index contributed by atoms with van der Waals surface area (Å²) in [6, 6.07) is 0. The molecule has 5 heteroatoms. The number of aromatic nitrogens is 2. The number of unbranched alkanes of at least 4 members (excludes halogenated alkanes) is 3. The lowest BCUT2D eigenvalue weighted by atomic mass is 10.2. The maximum atomic E-state index is 11.2. The van der Waals surface area contributed by atoms with E-state index in [-0.39, 0.29) is 5.69 Å². The number of carbonyl (C=O) groups is 1. The average molecular weight is 237 g/mol. The zero-order valence-electron chi connectivity index (χ0n) is 10.4. The third-order valence-corrected chi connectivity index (χ3v) is 2.37. The summed E-state index contributed by atoms with van der Waals surface area (Å²) in [5.74, 6) is 0.150. The number of hydrogen-bond donors (Lipinski definition) is 1. The van der Waals surface area contributed by atoms with Gasteiger partial charge in [0.05, 0.1) is 19.5 Å². The number of nitrogens with zero attached hydrogens (tertiary/aromatic N) is 2. The van der Waals surface area contributed by atoms with Crippen LogP contribution in [0.25, 0.3) is 0 Å². The summed E-state index contributed by atoms with van der Waals surface area (Å²) in [5, 5.41) is 3.14. The Morgan fingerprint density at radius 2 is 2.18 bits per heavy atom. The van der Waals surface area contributed by atoms with E-state index in [9.17, 15) is 4.79 Å². The first-order valence-electron chi connectivity index (χ1n) is 5.92. The van der Waals surface area contributed by atoms with Crippen LogP contribution >= 0.6 is 0 Å². The number of nitrogens with one attached hydrogen (secondary N) is 1. The Labute approximate surface area is 102 Å². The van der Waals surface area contributed by atoms with E-state index in [0.717, 1.165) is 13.0 Å². The summed E-state index contributed by atoms with van der Waals surface area (Å²) >= 11 is 0. The fourth-order valence-corrected chi connectivity index (χ4v) is 1.42. The molecule has 0 atom stereocenters. The largest absolute Gasteiger partial charge is 0.464 e. The van der Waals surface area contributed by atoms with E-state index in [1.165, 1.54) is 32.6 Å². The molecule has 0 unspecified atom stereocenters. The first kappa shape index (κ1) is 13.4. The van der Waals surface area contributed by atoms with Crippen molar-refractivity contribution >= 4 is 11.8 Å². The second-order valence-corrected chi connectivity index (χ2v) is 3.77. The number of methoxy groups -OCH3 is 1. The van der Waals surface area contributed by atoms with Crippen molar-refractivity contribution < 1.29 is 9.53 Å². The average Bonchev–Trinajstić information content (AvgIpc) is 2.38. The SMILES string of the molecule is CCCCCCNc1cncc(C(=O)OC)n1. The fourth-order valence-electron chi connectivity index (χ4n) is 1.42. The minimum Gasteiger partial charge on any atom is -0.464 e. The highest BCUT2D eigenvalue weighted by Gasteiger charge is 2.07. The van der Waals surface area contributed by atoms with Crippen LogP contribution in [0.4, 0.5) is 5.82 Å². The highest BCUT2D eigenvalue weighted by molar-refractivity contribution is 5.87. The van der Waals surface area contributed by atoms with E-state index in [4.69, 9.17) is 0 Å². The monoisotopic (exact) mass is 237 g/mol. The summed E-state index contributed by atoms with van der Waals surface area (Å²) in [5.41, 5.74) is 0.228. The van der Waals surface area contributed by atoms with Gasteiger partial charge >= 0.3 is 5.97 Å². The van der Waals surface area contributed by atoms with Crippen LogP contribution in [0, 0.1) is 0 Å². The quantitative estimate of drug-likeness (QED) is 0.582. The topological polar surface area (TPSA) is 64.1 Å². The molecular formula is C12H19N3O2. The molecule has 1 rings (SSSR count). The van der Waals surface area contributed by atoms with Crippen molar-refractivity contribution in [3.05, 3.63) is 18.1 Å². The molecule has 0 aliphatic heterocycles. The van der Waals surface area contributed by atoms with E-state index in [1.807, 2.05) is 0 Å². The van der Waals surface area contributed by atoms with Gasteiger partial charge in [-0.2, -0.15) is 0 Å². The van der Waals surface area contributed by atoms with Gasteiger partial charge in [-0.1, -0.05) is 26.2 Å². The Morgan fingerprint density at radius 1 is 1.35 bits per heavy atom. The third kappa shape index (κ3) is 4.80. The van der Waals surface area contributed by atoms with Crippen molar-refractivity contribution in [3.63, 3.8) is 0 Å². The first-order valence-corrected chi connectivity index (χ1v) is 5.92.